The van der Waals surface area contributed by atoms with Crippen molar-refractivity contribution >= 4 is 5.91 Å². The van der Waals surface area contributed by atoms with Gasteiger partial charge in [-0.25, -0.2) is 0 Å². The van der Waals surface area contributed by atoms with Gasteiger partial charge < -0.3 is 15.4 Å². The highest BCUT2D eigenvalue weighted by Crippen LogP contribution is 2.12. The summed E-state index contributed by atoms with van der Waals surface area (Å²) >= 11 is 0. The van der Waals surface area contributed by atoms with Crippen molar-refractivity contribution in [2.45, 2.75) is 64.6 Å². The zero-order valence-electron chi connectivity index (χ0n) is 11.3. The second kappa shape index (κ2) is 7.67. The number of carbonyl (C=O) groups excluding carboxylic acids is 1. The highest BCUT2D eigenvalue weighted by atomic mass is 16.5. The summed E-state index contributed by atoms with van der Waals surface area (Å²) in [5.74, 6) is 0.109. The lowest BCUT2D eigenvalue weighted by Gasteiger charge is -2.28. The van der Waals surface area contributed by atoms with Gasteiger partial charge >= 0.3 is 0 Å². The summed E-state index contributed by atoms with van der Waals surface area (Å²) in [6, 6.07) is 0.740. The Morgan fingerprint density at radius 1 is 1.41 bits per heavy atom. The molecule has 0 saturated carbocycles. The van der Waals surface area contributed by atoms with Crippen molar-refractivity contribution in [2.75, 3.05) is 13.2 Å². The fourth-order valence-corrected chi connectivity index (χ4v) is 2.19. The molecule has 2 N–H and O–H groups in total. The van der Waals surface area contributed by atoms with E-state index >= 15 is 0 Å². The van der Waals surface area contributed by atoms with Crippen molar-refractivity contribution in [1.82, 2.24) is 10.6 Å². The Morgan fingerprint density at radius 2 is 2.12 bits per heavy atom. The van der Waals surface area contributed by atoms with Gasteiger partial charge in [0.15, 0.2) is 0 Å². The van der Waals surface area contributed by atoms with E-state index in [4.69, 9.17) is 4.74 Å². The quantitative estimate of drug-likeness (QED) is 0.741. The maximum absolute atomic E-state index is 11.7. The van der Waals surface area contributed by atoms with E-state index in [1.165, 1.54) is 0 Å². The number of rotatable bonds is 6. The topological polar surface area (TPSA) is 50.4 Å². The molecule has 1 saturated heterocycles. The van der Waals surface area contributed by atoms with E-state index in [0.717, 1.165) is 32.3 Å². The Hall–Kier alpha value is -0.610. The first-order valence-corrected chi connectivity index (χ1v) is 6.80. The van der Waals surface area contributed by atoms with Gasteiger partial charge in [0.1, 0.15) is 0 Å². The van der Waals surface area contributed by atoms with E-state index in [1.807, 2.05) is 0 Å². The van der Waals surface area contributed by atoms with Crippen molar-refractivity contribution < 1.29 is 9.53 Å². The molecule has 0 spiro atoms. The largest absolute Gasteiger partial charge is 0.378 e. The third-order valence-corrected chi connectivity index (χ3v) is 3.39. The maximum atomic E-state index is 11.7. The third-order valence-electron chi connectivity index (χ3n) is 3.39. The third kappa shape index (κ3) is 5.50. The molecule has 100 valence electrons. The van der Waals surface area contributed by atoms with Crippen LogP contribution in [-0.2, 0) is 9.53 Å². The van der Waals surface area contributed by atoms with E-state index < -0.39 is 0 Å². The van der Waals surface area contributed by atoms with Crippen LogP contribution in [-0.4, -0.2) is 37.2 Å². The molecular formula is C13H26N2O2. The Morgan fingerprint density at radius 3 is 2.71 bits per heavy atom. The summed E-state index contributed by atoms with van der Waals surface area (Å²) in [5, 5.41) is 6.35. The lowest BCUT2D eigenvalue weighted by Crippen LogP contribution is -2.45. The summed E-state index contributed by atoms with van der Waals surface area (Å²) in [7, 11) is 0. The first kappa shape index (κ1) is 14.5. The average molecular weight is 242 g/mol. The number of nitrogens with one attached hydrogen (secondary N) is 2. The number of carbonyl (C=O) groups is 1. The van der Waals surface area contributed by atoms with Gasteiger partial charge in [0.05, 0.1) is 12.6 Å². The second-order valence-electron chi connectivity index (χ2n) is 4.86. The second-order valence-corrected chi connectivity index (χ2v) is 4.86. The van der Waals surface area contributed by atoms with Gasteiger partial charge in [0.25, 0.3) is 0 Å². The highest BCUT2D eigenvalue weighted by Gasteiger charge is 2.19. The SMILES string of the molecule is CCC(CC)NC(=O)CNC1CCOC(C)C1. The van der Waals surface area contributed by atoms with Crippen LogP contribution in [0, 0.1) is 0 Å². The number of hydrogen-bond acceptors (Lipinski definition) is 3. The molecule has 2 atom stereocenters. The van der Waals surface area contributed by atoms with Crippen LogP contribution >= 0.6 is 0 Å². The molecule has 0 aromatic heterocycles. The molecule has 4 nitrogen and oxygen atoms in total. The van der Waals surface area contributed by atoms with E-state index in [9.17, 15) is 4.79 Å². The van der Waals surface area contributed by atoms with Crippen molar-refractivity contribution in [1.29, 1.82) is 0 Å². The first-order chi connectivity index (χ1) is 8.15. The lowest BCUT2D eigenvalue weighted by atomic mass is 10.0. The summed E-state index contributed by atoms with van der Waals surface area (Å²) in [6.45, 7) is 7.50. The van der Waals surface area contributed by atoms with Gasteiger partial charge in [0, 0.05) is 18.7 Å². The number of hydrogen-bond donors (Lipinski definition) is 2. The van der Waals surface area contributed by atoms with Crippen LogP contribution in [0.1, 0.15) is 46.5 Å². The predicted octanol–water partition coefficient (Wildman–Crippen LogP) is 1.45. The molecular weight excluding hydrogens is 216 g/mol. The smallest absolute Gasteiger partial charge is 0.234 e. The van der Waals surface area contributed by atoms with Crippen LogP contribution in [0.15, 0.2) is 0 Å². The van der Waals surface area contributed by atoms with Crippen LogP contribution in [0.3, 0.4) is 0 Å². The van der Waals surface area contributed by atoms with Crippen LogP contribution in [0.25, 0.3) is 0 Å². The zero-order valence-corrected chi connectivity index (χ0v) is 11.3. The van der Waals surface area contributed by atoms with Gasteiger partial charge in [-0.1, -0.05) is 13.8 Å². The fourth-order valence-electron chi connectivity index (χ4n) is 2.19. The summed E-state index contributed by atoms with van der Waals surface area (Å²) < 4.78 is 5.47. The molecule has 0 radical (unpaired) electrons. The minimum absolute atomic E-state index is 0.109. The molecule has 1 amide bonds. The summed E-state index contributed by atoms with van der Waals surface area (Å²) in [4.78, 5) is 11.7. The Bertz CT molecular complexity index is 229. The number of amides is 1. The van der Waals surface area contributed by atoms with E-state index in [0.29, 0.717) is 24.7 Å². The molecule has 17 heavy (non-hydrogen) atoms. The van der Waals surface area contributed by atoms with Crippen LogP contribution < -0.4 is 10.6 Å². The Balaban J connectivity index is 2.18. The Labute approximate surface area is 104 Å². The molecule has 0 aliphatic carbocycles. The molecule has 1 aliphatic rings. The van der Waals surface area contributed by atoms with Gasteiger partial charge in [-0.3, -0.25) is 4.79 Å². The average Bonchev–Trinajstić information content (AvgIpc) is 2.33. The van der Waals surface area contributed by atoms with Gasteiger partial charge in [-0.2, -0.15) is 0 Å². The highest BCUT2D eigenvalue weighted by molar-refractivity contribution is 5.78. The fraction of sp³-hybridized carbons (Fsp3) is 0.923. The van der Waals surface area contributed by atoms with E-state index in [2.05, 4.69) is 31.4 Å². The van der Waals surface area contributed by atoms with E-state index in [-0.39, 0.29) is 5.91 Å². The first-order valence-electron chi connectivity index (χ1n) is 6.80. The molecule has 1 fully saturated rings. The van der Waals surface area contributed by atoms with Crippen molar-refractivity contribution in [2.24, 2.45) is 0 Å². The molecule has 1 heterocycles. The van der Waals surface area contributed by atoms with Crippen LogP contribution in [0.4, 0.5) is 0 Å². The molecule has 1 aliphatic heterocycles. The van der Waals surface area contributed by atoms with Gasteiger partial charge in [-0.05, 0) is 32.6 Å². The summed E-state index contributed by atoms with van der Waals surface area (Å²) in [6.07, 6.45) is 4.30. The molecule has 1 rings (SSSR count). The standard InChI is InChI=1S/C13H26N2O2/c1-4-11(5-2)15-13(16)9-14-12-6-7-17-10(3)8-12/h10-12,14H,4-9H2,1-3H3,(H,15,16). The minimum Gasteiger partial charge on any atom is -0.378 e. The number of ether oxygens (including phenoxy) is 1. The molecule has 0 bridgehead atoms. The lowest BCUT2D eigenvalue weighted by molar-refractivity contribution is -0.121. The van der Waals surface area contributed by atoms with Gasteiger partial charge in [0.2, 0.25) is 5.91 Å². The monoisotopic (exact) mass is 242 g/mol. The van der Waals surface area contributed by atoms with Crippen molar-refractivity contribution in [3.8, 4) is 0 Å². The van der Waals surface area contributed by atoms with Crippen LogP contribution in [0.5, 0.6) is 0 Å². The Kier molecular flexibility index (Phi) is 6.52. The molecule has 2 unspecified atom stereocenters. The molecule has 0 aromatic rings. The zero-order chi connectivity index (χ0) is 12.7. The predicted molar refractivity (Wildman–Crippen MR) is 69.0 cm³/mol. The normalized spacial score (nSPS) is 24.9. The molecule has 4 heteroatoms. The van der Waals surface area contributed by atoms with Crippen molar-refractivity contribution in [3.05, 3.63) is 0 Å². The minimum atomic E-state index is 0.109. The maximum Gasteiger partial charge on any atom is 0.234 e. The van der Waals surface area contributed by atoms with E-state index in [1.54, 1.807) is 0 Å². The van der Waals surface area contributed by atoms with Crippen molar-refractivity contribution in [3.63, 3.8) is 0 Å². The molecule has 0 aromatic carbocycles. The van der Waals surface area contributed by atoms with Gasteiger partial charge in [-0.15, -0.1) is 0 Å². The summed E-state index contributed by atoms with van der Waals surface area (Å²) in [5.41, 5.74) is 0. The van der Waals surface area contributed by atoms with Crippen LogP contribution in [0.2, 0.25) is 0 Å².